The van der Waals surface area contributed by atoms with E-state index in [0.29, 0.717) is 0 Å². The van der Waals surface area contributed by atoms with Gasteiger partial charge in [0.15, 0.2) is 0 Å². The molecule has 2 nitrogen and oxygen atoms in total. The quantitative estimate of drug-likeness (QED) is 0.620. The summed E-state index contributed by atoms with van der Waals surface area (Å²) in [6.07, 6.45) is 0. The maximum absolute atomic E-state index is 3.11. The Balaban J connectivity index is -0.0000000267. The Morgan fingerprint density at radius 2 is 0.909 bits per heavy atom. The molecule has 0 unspecified atom stereocenters. The third-order valence-electron chi connectivity index (χ3n) is 1.000. The van der Waals surface area contributed by atoms with Crippen LogP contribution in [0.25, 0.3) is 0 Å². The predicted octanol–water partition coefficient (Wildman–Crippen LogP) is 1.08. The van der Waals surface area contributed by atoms with Crippen LogP contribution in [0.1, 0.15) is 30.5 Å². The molecular formula is C8H24MgN2. The van der Waals surface area contributed by atoms with E-state index in [-0.39, 0.29) is 25.9 Å². The standard InChI is InChI=1S/2C4H11N.Mg.2H/c2*1-3-5-4-2;;;/h2*5H,3-4H2,1-2H3;;;/q;;+2;2*-1. The van der Waals surface area contributed by atoms with E-state index >= 15 is 0 Å². The monoisotopic (exact) mass is 172 g/mol. The van der Waals surface area contributed by atoms with Gasteiger partial charge in [0.2, 0.25) is 0 Å². The Kier molecular flexibility index (Phi) is 36.1. The van der Waals surface area contributed by atoms with E-state index in [9.17, 15) is 0 Å². The van der Waals surface area contributed by atoms with E-state index in [1.54, 1.807) is 0 Å². The summed E-state index contributed by atoms with van der Waals surface area (Å²) in [4.78, 5) is 0. The fourth-order valence-corrected chi connectivity index (χ4v) is 0.500. The number of hydrogen-bond acceptors (Lipinski definition) is 2. The second-order valence-electron chi connectivity index (χ2n) is 1.91. The molecule has 0 aliphatic heterocycles. The summed E-state index contributed by atoms with van der Waals surface area (Å²) < 4.78 is 0. The molecule has 0 aromatic heterocycles. The van der Waals surface area contributed by atoms with Crippen molar-refractivity contribution in [3.05, 3.63) is 0 Å². The van der Waals surface area contributed by atoms with E-state index in [1.165, 1.54) is 0 Å². The van der Waals surface area contributed by atoms with Crippen LogP contribution in [0.3, 0.4) is 0 Å². The summed E-state index contributed by atoms with van der Waals surface area (Å²) in [6, 6.07) is 0. The van der Waals surface area contributed by atoms with Crippen LogP contribution in [0.5, 0.6) is 0 Å². The van der Waals surface area contributed by atoms with Crippen LogP contribution in [0.15, 0.2) is 0 Å². The largest absolute Gasteiger partial charge is 2.00 e. The fraction of sp³-hybridized carbons (Fsp3) is 1.00. The van der Waals surface area contributed by atoms with Gasteiger partial charge in [-0.05, 0) is 26.2 Å². The number of rotatable bonds is 4. The van der Waals surface area contributed by atoms with Crippen molar-refractivity contribution in [2.45, 2.75) is 27.7 Å². The van der Waals surface area contributed by atoms with Gasteiger partial charge in [0, 0.05) is 0 Å². The van der Waals surface area contributed by atoms with Crippen molar-refractivity contribution in [2.75, 3.05) is 26.2 Å². The number of nitrogens with one attached hydrogen (secondary N) is 2. The minimum Gasteiger partial charge on any atom is -1.00 e. The molecule has 0 aliphatic rings. The molecule has 0 rings (SSSR count). The van der Waals surface area contributed by atoms with Crippen molar-refractivity contribution in [3.8, 4) is 0 Å². The van der Waals surface area contributed by atoms with Gasteiger partial charge in [-0.2, -0.15) is 0 Å². The molecule has 0 radical (unpaired) electrons. The van der Waals surface area contributed by atoms with Crippen molar-refractivity contribution in [1.82, 2.24) is 10.6 Å². The second-order valence-corrected chi connectivity index (χ2v) is 1.91. The van der Waals surface area contributed by atoms with Crippen LogP contribution < -0.4 is 10.6 Å². The van der Waals surface area contributed by atoms with Gasteiger partial charge in [-0.1, -0.05) is 27.7 Å². The molecular weight excluding hydrogens is 148 g/mol. The van der Waals surface area contributed by atoms with Gasteiger partial charge in [0.25, 0.3) is 0 Å². The van der Waals surface area contributed by atoms with Crippen LogP contribution in [0, 0.1) is 0 Å². The van der Waals surface area contributed by atoms with Gasteiger partial charge in [0.1, 0.15) is 0 Å². The molecule has 0 saturated heterocycles. The first-order valence-corrected chi connectivity index (χ1v) is 4.24. The molecule has 0 heterocycles. The van der Waals surface area contributed by atoms with Gasteiger partial charge in [-0.15, -0.1) is 0 Å². The summed E-state index contributed by atoms with van der Waals surface area (Å²) in [5.74, 6) is 0. The van der Waals surface area contributed by atoms with Crippen LogP contribution in [0.4, 0.5) is 0 Å². The van der Waals surface area contributed by atoms with E-state index in [1.807, 2.05) is 0 Å². The summed E-state index contributed by atoms with van der Waals surface area (Å²) in [5.41, 5.74) is 0. The van der Waals surface area contributed by atoms with Crippen molar-refractivity contribution < 1.29 is 2.85 Å². The van der Waals surface area contributed by atoms with Gasteiger partial charge in [0.05, 0.1) is 0 Å². The molecule has 68 valence electrons. The number of hydrogen-bond donors (Lipinski definition) is 2. The van der Waals surface area contributed by atoms with Crippen molar-refractivity contribution in [3.63, 3.8) is 0 Å². The van der Waals surface area contributed by atoms with Gasteiger partial charge < -0.3 is 13.5 Å². The van der Waals surface area contributed by atoms with E-state index < -0.39 is 0 Å². The first-order valence-electron chi connectivity index (χ1n) is 4.24. The van der Waals surface area contributed by atoms with Crippen LogP contribution in [0.2, 0.25) is 0 Å². The molecule has 0 atom stereocenters. The van der Waals surface area contributed by atoms with Crippen LogP contribution >= 0.6 is 0 Å². The first-order chi connectivity index (χ1) is 4.83. The van der Waals surface area contributed by atoms with E-state index in [4.69, 9.17) is 0 Å². The predicted molar refractivity (Wildman–Crippen MR) is 56.4 cm³/mol. The van der Waals surface area contributed by atoms with Crippen molar-refractivity contribution in [1.29, 1.82) is 0 Å². The summed E-state index contributed by atoms with van der Waals surface area (Å²) >= 11 is 0. The molecule has 3 heteroatoms. The van der Waals surface area contributed by atoms with Crippen molar-refractivity contribution >= 4 is 23.1 Å². The molecule has 0 bridgehead atoms. The Labute approximate surface area is 90.6 Å². The molecule has 0 fully saturated rings. The molecule has 0 aliphatic carbocycles. The molecule has 0 amide bonds. The maximum atomic E-state index is 3.11. The SMILES string of the molecule is CCNCC.CCNCC.[H-].[H-].[Mg+2]. The van der Waals surface area contributed by atoms with Gasteiger partial charge in [-0.3, -0.25) is 0 Å². The minimum atomic E-state index is 0. The van der Waals surface area contributed by atoms with E-state index in [2.05, 4.69) is 38.3 Å². The summed E-state index contributed by atoms with van der Waals surface area (Å²) in [6.45, 7) is 12.8. The molecule has 11 heavy (non-hydrogen) atoms. The topological polar surface area (TPSA) is 24.1 Å². The maximum Gasteiger partial charge on any atom is 2.00 e. The summed E-state index contributed by atoms with van der Waals surface area (Å²) in [7, 11) is 0. The Bertz CT molecular complexity index is 41.1. The van der Waals surface area contributed by atoms with Gasteiger partial charge >= 0.3 is 23.1 Å². The molecule has 0 aromatic rings. The average Bonchev–Trinajstić information content (AvgIpc) is 1.93. The zero-order valence-electron chi connectivity index (χ0n) is 10.5. The van der Waals surface area contributed by atoms with E-state index in [0.717, 1.165) is 26.2 Å². The minimum absolute atomic E-state index is 0. The normalized spacial score (nSPS) is 7.64. The third kappa shape index (κ3) is 36.7. The van der Waals surface area contributed by atoms with Gasteiger partial charge in [-0.25, -0.2) is 0 Å². The fourth-order valence-electron chi connectivity index (χ4n) is 0.500. The van der Waals surface area contributed by atoms with Crippen LogP contribution in [-0.4, -0.2) is 49.2 Å². The zero-order chi connectivity index (χ0) is 8.24. The summed E-state index contributed by atoms with van der Waals surface area (Å²) in [5, 5.41) is 6.22. The molecule has 0 aromatic carbocycles. The Hall–Kier alpha value is 0.686. The zero-order valence-corrected chi connectivity index (χ0v) is 9.95. The first kappa shape index (κ1) is 17.7. The second kappa shape index (κ2) is 22.4. The average molecular weight is 173 g/mol. The van der Waals surface area contributed by atoms with Crippen LogP contribution in [-0.2, 0) is 0 Å². The Morgan fingerprint density at radius 3 is 0.909 bits per heavy atom. The third-order valence-corrected chi connectivity index (χ3v) is 1.000. The molecule has 2 N–H and O–H groups in total. The molecule has 0 saturated carbocycles. The smallest absolute Gasteiger partial charge is 1.00 e. The Morgan fingerprint density at radius 1 is 0.727 bits per heavy atom. The molecule has 0 spiro atoms. The van der Waals surface area contributed by atoms with Crippen molar-refractivity contribution in [2.24, 2.45) is 0 Å².